The maximum absolute atomic E-state index is 12.2. The Kier molecular flexibility index (Phi) is 6.83. The topological polar surface area (TPSA) is 232 Å². The van der Waals surface area contributed by atoms with Gasteiger partial charge in [-0.25, -0.2) is 24.6 Å². The van der Waals surface area contributed by atoms with E-state index in [9.17, 15) is 24.2 Å². The number of carboxylic acid groups (broad SMARTS) is 2. The number of nitrogen functional groups attached to an aromatic ring is 1. The number of rotatable bonds is 10. The summed E-state index contributed by atoms with van der Waals surface area (Å²) in [7, 11) is -4.64. The number of hydrogen-bond donors (Lipinski definition) is 6. The number of aromatic nitrogens is 4. The van der Waals surface area contributed by atoms with E-state index in [2.05, 4.69) is 15.0 Å². The third kappa shape index (κ3) is 5.52. The van der Waals surface area contributed by atoms with E-state index >= 15 is 0 Å². The van der Waals surface area contributed by atoms with Crippen molar-refractivity contribution >= 4 is 36.7 Å². The zero-order valence-corrected chi connectivity index (χ0v) is 16.8. The first-order valence-electron chi connectivity index (χ1n) is 9.03. The number of aliphatic hydroxyl groups excluding tert-OH is 1. The smallest absolute Gasteiger partial charge is 0.403 e. The van der Waals surface area contributed by atoms with Gasteiger partial charge in [0.05, 0.1) is 19.0 Å². The highest BCUT2D eigenvalue weighted by atomic mass is 31.2. The predicted molar refractivity (Wildman–Crippen MR) is 101 cm³/mol. The fourth-order valence-corrected chi connectivity index (χ4v) is 4.09. The fraction of sp³-hybridized carbons (Fsp3) is 0.533. The van der Waals surface area contributed by atoms with Crippen LogP contribution in [-0.4, -0.2) is 76.5 Å². The Morgan fingerprint density at radius 3 is 2.81 bits per heavy atom. The summed E-state index contributed by atoms with van der Waals surface area (Å²) in [6.07, 6.45) is -0.979. The number of anilines is 1. The molecule has 16 heteroatoms. The molecule has 0 aromatic carbocycles. The zero-order chi connectivity index (χ0) is 22.8. The van der Waals surface area contributed by atoms with Crippen LogP contribution in [0, 0.1) is 0 Å². The van der Waals surface area contributed by atoms with E-state index in [-0.39, 0.29) is 12.2 Å². The number of nitrogens with two attached hydrogens (primary N) is 1. The van der Waals surface area contributed by atoms with Gasteiger partial charge in [0.15, 0.2) is 11.5 Å². The first-order valence-corrected chi connectivity index (χ1v) is 10.6. The molecule has 170 valence electrons. The summed E-state index contributed by atoms with van der Waals surface area (Å²) in [6, 6.07) is -1.61. The highest BCUT2D eigenvalue weighted by Gasteiger charge is 2.38. The molecule has 0 spiro atoms. The highest BCUT2D eigenvalue weighted by molar-refractivity contribution is 7.50. The van der Waals surface area contributed by atoms with Crippen LogP contribution in [-0.2, 0) is 23.4 Å². The minimum Gasteiger partial charge on any atom is -0.481 e. The SMILES string of the molecule is Nc1ncnc2c1ncn2[C@H]1C[C@H](O)[C@@H](COP(=O)(O)NC(CCC(=O)O)C(=O)O)O1. The van der Waals surface area contributed by atoms with E-state index in [1.165, 1.54) is 17.2 Å². The van der Waals surface area contributed by atoms with Gasteiger partial charge in [0.2, 0.25) is 0 Å². The summed E-state index contributed by atoms with van der Waals surface area (Å²) >= 11 is 0. The lowest BCUT2D eigenvalue weighted by atomic mass is 10.2. The monoisotopic (exact) mass is 460 g/mol. The molecule has 1 aliphatic rings. The van der Waals surface area contributed by atoms with Gasteiger partial charge in [0.25, 0.3) is 0 Å². The molecule has 2 aromatic heterocycles. The standard InChI is InChI=1S/C15H21N6O9P/c16-13-12-14(18-5-17-13)21(6-19-12)10-3-8(22)9(30-10)4-29-31(27,28)20-7(15(25)26)1-2-11(23)24/h5-10,22H,1-4H2,(H,23,24)(H,25,26)(H2,16,17,18)(H2,20,27,28)/t7?,8-,9+,10+/m0/s1. The van der Waals surface area contributed by atoms with Crippen molar-refractivity contribution in [3.63, 3.8) is 0 Å². The Morgan fingerprint density at radius 1 is 1.39 bits per heavy atom. The molecule has 0 bridgehead atoms. The molecular weight excluding hydrogens is 439 g/mol. The molecular formula is C15H21N6O9P. The Balaban J connectivity index is 1.61. The van der Waals surface area contributed by atoms with Crippen molar-refractivity contribution in [3.8, 4) is 0 Å². The predicted octanol–water partition coefficient (Wildman–Crippen LogP) is -0.918. The van der Waals surface area contributed by atoms with Crippen LogP contribution in [0.25, 0.3) is 11.2 Å². The van der Waals surface area contributed by atoms with E-state index in [0.717, 1.165) is 0 Å². The molecule has 3 heterocycles. The molecule has 31 heavy (non-hydrogen) atoms. The quantitative estimate of drug-likeness (QED) is 0.235. The summed E-state index contributed by atoms with van der Waals surface area (Å²) in [5.41, 5.74) is 6.47. The normalized spacial score (nSPS) is 24.1. The molecule has 1 aliphatic heterocycles. The van der Waals surface area contributed by atoms with E-state index in [1.807, 2.05) is 5.09 Å². The van der Waals surface area contributed by atoms with Crippen molar-refractivity contribution in [1.29, 1.82) is 0 Å². The molecule has 2 unspecified atom stereocenters. The fourth-order valence-electron chi connectivity index (χ4n) is 3.04. The number of nitrogens with zero attached hydrogens (tertiary/aromatic N) is 4. The second-order valence-corrected chi connectivity index (χ2v) is 8.34. The van der Waals surface area contributed by atoms with Crippen molar-refractivity contribution in [2.75, 3.05) is 12.3 Å². The number of ether oxygens (including phenoxy) is 1. The van der Waals surface area contributed by atoms with Crippen LogP contribution in [0.15, 0.2) is 12.7 Å². The Morgan fingerprint density at radius 2 is 2.13 bits per heavy atom. The highest BCUT2D eigenvalue weighted by Crippen LogP contribution is 2.40. The van der Waals surface area contributed by atoms with Crippen LogP contribution in [0.5, 0.6) is 0 Å². The number of carboxylic acids is 2. The number of nitrogens with one attached hydrogen (secondary N) is 1. The molecule has 5 atom stereocenters. The number of imidazole rings is 1. The minimum atomic E-state index is -4.64. The minimum absolute atomic E-state index is 0.100. The van der Waals surface area contributed by atoms with Gasteiger partial charge < -0.3 is 30.7 Å². The molecule has 0 saturated carbocycles. The molecule has 2 aromatic rings. The summed E-state index contributed by atoms with van der Waals surface area (Å²) in [5, 5.41) is 29.9. The number of hydrogen-bond acceptors (Lipinski definition) is 10. The Hall–Kier alpha value is -2.68. The molecule has 1 saturated heterocycles. The number of aliphatic hydroxyl groups is 1. The van der Waals surface area contributed by atoms with Gasteiger partial charge in [-0.1, -0.05) is 0 Å². The summed E-state index contributed by atoms with van der Waals surface area (Å²) < 4.78 is 24.3. The van der Waals surface area contributed by atoms with Crippen LogP contribution in [0.1, 0.15) is 25.5 Å². The third-order valence-electron chi connectivity index (χ3n) is 4.58. The van der Waals surface area contributed by atoms with Crippen LogP contribution >= 0.6 is 7.75 Å². The lowest BCUT2D eigenvalue weighted by molar-refractivity contribution is -0.140. The lowest BCUT2D eigenvalue weighted by Gasteiger charge is -2.21. The Labute approximate surface area is 174 Å². The molecule has 3 rings (SSSR count). The number of carbonyl (C=O) groups is 2. The van der Waals surface area contributed by atoms with Gasteiger partial charge in [-0.2, -0.15) is 0 Å². The van der Waals surface area contributed by atoms with Crippen molar-refractivity contribution in [3.05, 3.63) is 12.7 Å². The zero-order valence-electron chi connectivity index (χ0n) is 15.9. The van der Waals surface area contributed by atoms with Crippen molar-refractivity contribution in [2.24, 2.45) is 0 Å². The van der Waals surface area contributed by atoms with Gasteiger partial charge in [0.1, 0.15) is 30.2 Å². The first-order chi connectivity index (χ1) is 14.6. The largest absolute Gasteiger partial charge is 0.481 e. The summed E-state index contributed by atoms with van der Waals surface area (Å²) in [6.45, 7) is -0.534. The van der Waals surface area contributed by atoms with Crippen molar-refractivity contribution in [1.82, 2.24) is 24.6 Å². The van der Waals surface area contributed by atoms with Crippen LogP contribution in [0.3, 0.4) is 0 Å². The molecule has 15 nitrogen and oxygen atoms in total. The molecule has 0 radical (unpaired) electrons. The van der Waals surface area contributed by atoms with Crippen molar-refractivity contribution < 1.29 is 43.6 Å². The van der Waals surface area contributed by atoms with E-state index in [0.29, 0.717) is 11.2 Å². The maximum Gasteiger partial charge on any atom is 0.403 e. The Bertz CT molecular complexity index is 1020. The van der Waals surface area contributed by atoms with Gasteiger partial charge in [-0.05, 0) is 6.42 Å². The second-order valence-electron chi connectivity index (χ2n) is 6.78. The van der Waals surface area contributed by atoms with E-state index < -0.39 is 63.6 Å². The number of fused-ring (bicyclic) bond motifs is 1. The lowest BCUT2D eigenvalue weighted by Crippen LogP contribution is -2.36. The van der Waals surface area contributed by atoms with Crippen LogP contribution in [0.4, 0.5) is 5.82 Å². The van der Waals surface area contributed by atoms with Gasteiger partial charge in [-0.3, -0.25) is 18.7 Å². The maximum atomic E-state index is 12.2. The molecule has 7 N–H and O–H groups in total. The average Bonchev–Trinajstić information content (AvgIpc) is 3.27. The van der Waals surface area contributed by atoms with E-state index in [4.69, 9.17) is 25.2 Å². The first kappa shape index (κ1) is 23.0. The molecule has 1 fully saturated rings. The second kappa shape index (κ2) is 9.21. The molecule has 0 amide bonds. The van der Waals surface area contributed by atoms with Gasteiger partial charge in [-0.15, -0.1) is 0 Å². The third-order valence-corrected chi connectivity index (χ3v) is 5.72. The van der Waals surface area contributed by atoms with Gasteiger partial charge in [0, 0.05) is 12.8 Å². The van der Waals surface area contributed by atoms with Crippen LogP contribution in [0.2, 0.25) is 0 Å². The van der Waals surface area contributed by atoms with E-state index in [1.54, 1.807) is 0 Å². The molecule has 0 aliphatic carbocycles. The number of aliphatic carboxylic acids is 2. The van der Waals surface area contributed by atoms with Gasteiger partial charge >= 0.3 is 19.7 Å². The van der Waals surface area contributed by atoms with Crippen molar-refractivity contribution in [2.45, 2.75) is 43.7 Å². The summed E-state index contributed by atoms with van der Waals surface area (Å²) in [4.78, 5) is 43.7. The summed E-state index contributed by atoms with van der Waals surface area (Å²) in [5.74, 6) is -2.59. The average molecular weight is 460 g/mol. The van der Waals surface area contributed by atoms with Crippen LogP contribution < -0.4 is 10.8 Å².